The van der Waals surface area contributed by atoms with E-state index < -0.39 is 17.9 Å². The molecule has 0 aromatic heterocycles. The van der Waals surface area contributed by atoms with Gasteiger partial charge in [-0.25, -0.2) is 0 Å². The highest BCUT2D eigenvalue weighted by molar-refractivity contribution is 5.87. The number of rotatable bonds is 13. The molecule has 186 valence electrons. The SMILES string of the molecule is CCC(C)(C)c1ccc(OCC(=O)NC(CCOc2ccccc2)C(N)=O)c(C(C)(C)CC)c1. The molecular formula is C28H40N2O4. The Balaban J connectivity index is 2.04. The van der Waals surface area contributed by atoms with Crippen LogP contribution in [0.4, 0.5) is 0 Å². The third-order valence-corrected chi connectivity index (χ3v) is 6.71. The molecule has 2 aromatic carbocycles. The molecule has 2 rings (SSSR count). The summed E-state index contributed by atoms with van der Waals surface area (Å²) >= 11 is 0. The molecule has 0 saturated heterocycles. The van der Waals surface area contributed by atoms with Crippen molar-refractivity contribution in [2.45, 2.75) is 77.7 Å². The standard InChI is InChI=1S/C28H40N2O4/c1-7-27(3,4)20-14-15-24(22(18-20)28(5,6)8-2)34-19-25(31)30-23(26(29)32)16-17-33-21-12-10-9-11-13-21/h9-15,18,23H,7-8,16-17,19H2,1-6H3,(H2,29,32)(H,30,31). The average molecular weight is 469 g/mol. The molecule has 0 fully saturated rings. The van der Waals surface area contributed by atoms with Crippen molar-refractivity contribution in [1.82, 2.24) is 5.32 Å². The molecule has 0 saturated carbocycles. The van der Waals surface area contributed by atoms with E-state index >= 15 is 0 Å². The molecule has 0 spiro atoms. The first kappa shape index (κ1) is 27.2. The van der Waals surface area contributed by atoms with Gasteiger partial charge in [-0.3, -0.25) is 9.59 Å². The van der Waals surface area contributed by atoms with Crippen LogP contribution in [0.3, 0.4) is 0 Å². The van der Waals surface area contributed by atoms with Crippen molar-refractivity contribution in [3.8, 4) is 11.5 Å². The molecule has 1 atom stereocenters. The van der Waals surface area contributed by atoms with E-state index in [0.29, 0.717) is 11.5 Å². The number of benzene rings is 2. The Kier molecular flexibility index (Phi) is 9.54. The minimum Gasteiger partial charge on any atom is -0.494 e. The van der Waals surface area contributed by atoms with E-state index in [-0.39, 0.29) is 30.5 Å². The van der Waals surface area contributed by atoms with Gasteiger partial charge in [0.1, 0.15) is 17.5 Å². The van der Waals surface area contributed by atoms with Gasteiger partial charge in [0.25, 0.3) is 5.91 Å². The van der Waals surface area contributed by atoms with Gasteiger partial charge in [0, 0.05) is 12.0 Å². The van der Waals surface area contributed by atoms with E-state index in [4.69, 9.17) is 15.2 Å². The molecule has 0 aliphatic rings. The molecule has 34 heavy (non-hydrogen) atoms. The second-order valence-electron chi connectivity index (χ2n) is 9.95. The number of carbonyl (C=O) groups is 2. The van der Waals surface area contributed by atoms with Crippen LogP contribution in [0.2, 0.25) is 0 Å². The maximum atomic E-state index is 12.6. The van der Waals surface area contributed by atoms with E-state index in [1.165, 1.54) is 5.56 Å². The van der Waals surface area contributed by atoms with Crippen LogP contribution in [-0.4, -0.2) is 31.1 Å². The number of carbonyl (C=O) groups excluding carboxylic acids is 2. The maximum Gasteiger partial charge on any atom is 0.258 e. The minimum atomic E-state index is -0.834. The Hall–Kier alpha value is -3.02. The summed E-state index contributed by atoms with van der Waals surface area (Å²) in [6.07, 6.45) is 2.21. The Morgan fingerprint density at radius 1 is 0.941 bits per heavy atom. The molecule has 6 nitrogen and oxygen atoms in total. The largest absolute Gasteiger partial charge is 0.494 e. The van der Waals surface area contributed by atoms with E-state index in [2.05, 4.69) is 59.0 Å². The molecule has 0 radical (unpaired) electrons. The third-order valence-electron chi connectivity index (χ3n) is 6.71. The van der Waals surface area contributed by atoms with Crippen molar-refractivity contribution >= 4 is 11.8 Å². The molecule has 1 unspecified atom stereocenters. The number of primary amides is 1. The van der Waals surface area contributed by atoms with Crippen LogP contribution in [0.25, 0.3) is 0 Å². The van der Waals surface area contributed by atoms with Gasteiger partial charge in [0.2, 0.25) is 5.91 Å². The predicted octanol–water partition coefficient (Wildman–Crippen LogP) is 4.88. The van der Waals surface area contributed by atoms with Gasteiger partial charge in [0.15, 0.2) is 6.61 Å². The van der Waals surface area contributed by atoms with Gasteiger partial charge >= 0.3 is 0 Å². The summed E-state index contributed by atoms with van der Waals surface area (Å²) in [6, 6.07) is 14.7. The zero-order valence-corrected chi connectivity index (χ0v) is 21.4. The van der Waals surface area contributed by atoms with Crippen LogP contribution in [0, 0.1) is 0 Å². The zero-order chi connectivity index (χ0) is 25.4. The molecule has 0 aliphatic carbocycles. The smallest absolute Gasteiger partial charge is 0.258 e. The number of ether oxygens (including phenoxy) is 2. The summed E-state index contributed by atoms with van der Waals surface area (Å²) in [5.74, 6) is 0.368. The van der Waals surface area contributed by atoms with Gasteiger partial charge in [-0.1, -0.05) is 71.9 Å². The van der Waals surface area contributed by atoms with Crippen LogP contribution in [0.1, 0.15) is 71.9 Å². The monoisotopic (exact) mass is 468 g/mol. The fourth-order valence-corrected chi connectivity index (χ4v) is 3.48. The summed E-state index contributed by atoms with van der Waals surface area (Å²) < 4.78 is 11.6. The molecule has 0 heterocycles. The Morgan fingerprint density at radius 2 is 1.59 bits per heavy atom. The first-order valence-electron chi connectivity index (χ1n) is 12.0. The summed E-state index contributed by atoms with van der Waals surface area (Å²) in [5, 5.41) is 2.67. The van der Waals surface area contributed by atoms with Crippen molar-refractivity contribution in [1.29, 1.82) is 0 Å². The quantitative estimate of drug-likeness (QED) is 0.438. The number of hydrogen-bond donors (Lipinski definition) is 2. The highest BCUT2D eigenvalue weighted by atomic mass is 16.5. The fraction of sp³-hybridized carbons (Fsp3) is 0.500. The lowest BCUT2D eigenvalue weighted by atomic mass is 9.76. The molecule has 6 heteroatoms. The van der Waals surface area contributed by atoms with E-state index in [9.17, 15) is 9.59 Å². The normalized spacial score (nSPS) is 12.6. The second kappa shape index (κ2) is 11.9. The van der Waals surface area contributed by atoms with Crippen LogP contribution in [-0.2, 0) is 20.4 Å². The first-order chi connectivity index (χ1) is 16.0. The molecular weight excluding hydrogens is 428 g/mol. The molecule has 3 N–H and O–H groups in total. The number of hydrogen-bond acceptors (Lipinski definition) is 4. The van der Waals surface area contributed by atoms with E-state index in [1.54, 1.807) is 0 Å². The Labute approximate surface area is 204 Å². The van der Waals surface area contributed by atoms with Gasteiger partial charge in [-0.2, -0.15) is 0 Å². The lowest BCUT2D eigenvalue weighted by Gasteiger charge is -2.30. The molecule has 0 bridgehead atoms. The molecule has 0 aliphatic heterocycles. The first-order valence-corrected chi connectivity index (χ1v) is 12.0. The summed E-state index contributed by atoms with van der Waals surface area (Å²) in [7, 11) is 0. The molecule has 2 aromatic rings. The van der Waals surface area contributed by atoms with Gasteiger partial charge in [0.05, 0.1) is 6.61 Å². The van der Waals surface area contributed by atoms with Crippen molar-refractivity contribution in [3.05, 3.63) is 59.7 Å². The topological polar surface area (TPSA) is 90.7 Å². The minimum absolute atomic E-state index is 0.0466. The lowest BCUT2D eigenvalue weighted by molar-refractivity contribution is -0.128. The van der Waals surface area contributed by atoms with Crippen molar-refractivity contribution in [3.63, 3.8) is 0 Å². The lowest BCUT2D eigenvalue weighted by Crippen LogP contribution is -2.46. The van der Waals surface area contributed by atoms with Crippen LogP contribution in [0.5, 0.6) is 11.5 Å². The Morgan fingerprint density at radius 3 is 2.18 bits per heavy atom. The molecule has 2 amide bonds. The number of para-hydroxylation sites is 1. The van der Waals surface area contributed by atoms with Crippen LogP contribution in [0.15, 0.2) is 48.5 Å². The number of amides is 2. The summed E-state index contributed by atoms with van der Waals surface area (Å²) in [6.45, 7) is 13.2. The second-order valence-corrected chi connectivity index (χ2v) is 9.95. The number of nitrogens with one attached hydrogen (secondary N) is 1. The van der Waals surface area contributed by atoms with Crippen LogP contribution < -0.4 is 20.5 Å². The zero-order valence-electron chi connectivity index (χ0n) is 21.4. The highest BCUT2D eigenvalue weighted by Gasteiger charge is 2.27. The third kappa shape index (κ3) is 7.51. The van der Waals surface area contributed by atoms with Gasteiger partial charge in [-0.05, 0) is 47.4 Å². The summed E-state index contributed by atoms with van der Waals surface area (Å²) in [4.78, 5) is 24.4. The van der Waals surface area contributed by atoms with E-state index in [0.717, 1.165) is 18.4 Å². The fourth-order valence-electron chi connectivity index (χ4n) is 3.48. The van der Waals surface area contributed by atoms with Gasteiger partial charge < -0.3 is 20.5 Å². The maximum absolute atomic E-state index is 12.6. The number of nitrogens with two attached hydrogens (primary N) is 1. The highest BCUT2D eigenvalue weighted by Crippen LogP contribution is 2.38. The predicted molar refractivity (Wildman–Crippen MR) is 136 cm³/mol. The Bertz CT molecular complexity index is 954. The van der Waals surface area contributed by atoms with Crippen molar-refractivity contribution < 1.29 is 19.1 Å². The average Bonchev–Trinajstić information content (AvgIpc) is 2.82. The van der Waals surface area contributed by atoms with Gasteiger partial charge in [-0.15, -0.1) is 0 Å². The summed E-state index contributed by atoms with van der Waals surface area (Å²) in [5.41, 5.74) is 7.74. The van der Waals surface area contributed by atoms with Crippen molar-refractivity contribution in [2.24, 2.45) is 5.73 Å². The van der Waals surface area contributed by atoms with E-state index in [1.807, 2.05) is 36.4 Å². The van der Waals surface area contributed by atoms with Crippen molar-refractivity contribution in [2.75, 3.05) is 13.2 Å². The van der Waals surface area contributed by atoms with Crippen LogP contribution >= 0.6 is 0 Å².